The predicted molar refractivity (Wildman–Crippen MR) is 126 cm³/mol. The summed E-state index contributed by atoms with van der Waals surface area (Å²) in [6.45, 7) is 0.765. The van der Waals surface area contributed by atoms with Crippen LogP contribution in [0.4, 0.5) is 0 Å². The monoisotopic (exact) mass is 475 g/mol. The van der Waals surface area contributed by atoms with Gasteiger partial charge in [-0.2, -0.15) is 0 Å². The number of nitrogens with one attached hydrogen (secondary N) is 2. The van der Waals surface area contributed by atoms with Crippen LogP contribution in [-0.4, -0.2) is 58.3 Å². The number of rotatable bonds is 15. The normalized spacial score (nSPS) is 12.2. The zero-order chi connectivity index (χ0) is 23.2. The maximum atomic E-state index is 13.3. The van der Waals surface area contributed by atoms with E-state index in [9.17, 15) is 19.2 Å². The second kappa shape index (κ2) is 14.2. The van der Waals surface area contributed by atoms with Crippen LogP contribution in [0.15, 0.2) is 60.7 Å². The van der Waals surface area contributed by atoms with Crippen molar-refractivity contribution in [2.45, 2.75) is 25.2 Å². The molecule has 2 rings (SSSR count). The molecule has 0 unspecified atom stereocenters. The Kier molecular flexibility index (Phi) is 11.2. The first-order valence-electron chi connectivity index (χ1n) is 9.78. The molecule has 8 nitrogen and oxygen atoms in total. The maximum absolute atomic E-state index is 13.3. The minimum absolute atomic E-state index is 0.123. The molecule has 0 spiro atoms. The number of amides is 3. The second-order valence-corrected chi connectivity index (χ2v) is 9.30. The third kappa shape index (κ3) is 8.64. The van der Waals surface area contributed by atoms with E-state index < -0.39 is 18.1 Å². The van der Waals surface area contributed by atoms with Crippen molar-refractivity contribution in [1.82, 2.24) is 15.5 Å². The minimum Gasteiger partial charge on any atom is -0.480 e. The Balaban J connectivity index is 2.05. The number of carbonyl (C=O) groups is 4. The topological polar surface area (TPSA) is 116 Å². The van der Waals surface area contributed by atoms with E-state index in [1.165, 1.54) is 21.6 Å². The summed E-state index contributed by atoms with van der Waals surface area (Å²) in [5.74, 6) is -1.01. The smallest absolute Gasteiger partial charge is 0.327 e. The highest BCUT2D eigenvalue weighted by atomic mass is 33.1. The molecular weight excluding hydrogens is 450 g/mol. The van der Waals surface area contributed by atoms with Crippen molar-refractivity contribution in [3.63, 3.8) is 0 Å². The largest absolute Gasteiger partial charge is 0.480 e. The van der Waals surface area contributed by atoms with E-state index in [0.29, 0.717) is 25.9 Å². The van der Waals surface area contributed by atoms with Gasteiger partial charge < -0.3 is 20.6 Å². The number of hydrogen-bond acceptors (Lipinski definition) is 6. The fourth-order valence-electron chi connectivity index (χ4n) is 2.82. The molecule has 0 heterocycles. The first-order valence-corrected chi connectivity index (χ1v) is 12.3. The summed E-state index contributed by atoms with van der Waals surface area (Å²) < 4.78 is 0. The number of hydrogen-bond donors (Lipinski definition) is 3. The Hall–Kier alpha value is -2.98. The lowest BCUT2D eigenvalue weighted by atomic mass is 10.1. The van der Waals surface area contributed by atoms with Crippen molar-refractivity contribution in [3.05, 3.63) is 71.8 Å². The number of benzene rings is 2. The van der Waals surface area contributed by atoms with E-state index in [1.807, 2.05) is 60.7 Å². The summed E-state index contributed by atoms with van der Waals surface area (Å²) in [5.41, 5.74) is 1.93. The van der Waals surface area contributed by atoms with Crippen molar-refractivity contribution >= 4 is 46.3 Å². The van der Waals surface area contributed by atoms with Gasteiger partial charge in [0, 0.05) is 24.6 Å². The molecular formula is C22H25N3O5S2. The number of carboxylic acid groups (broad SMARTS) is 1. The highest BCUT2D eigenvalue weighted by Gasteiger charge is 2.25. The van der Waals surface area contributed by atoms with Crippen LogP contribution >= 0.6 is 21.6 Å². The summed E-state index contributed by atoms with van der Waals surface area (Å²) in [5, 5.41) is 13.9. The minimum atomic E-state index is -1.14. The van der Waals surface area contributed by atoms with E-state index in [2.05, 4.69) is 10.6 Å². The molecule has 0 aliphatic carbocycles. The van der Waals surface area contributed by atoms with Gasteiger partial charge in [-0.3, -0.25) is 14.4 Å². The second-order valence-electron chi connectivity index (χ2n) is 6.75. The molecule has 170 valence electrons. The first-order chi connectivity index (χ1) is 15.5. The number of carbonyl (C=O) groups excluding carboxylic acids is 3. The molecule has 0 radical (unpaired) electrons. The van der Waals surface area contributed by atoms with Gasteiger partial charge in [0.1, 0.15) is 12.1 Å². The molecule has 0 aliphatic rings. The summed E-state index contributed by atoms with van der Waals surface area (Å²) in [6.07, 6.45) is 0.834. The van der Waals surface area contributed by atoms with Crippen molar-refractivity contribution in [2.24, 2.45) is 0 Å². The first kappa shape index (κ1) is 25.3. The molecule has 0 saturated heterocycles. The van der Waals surface area contributed by atoms with Crippen LogP contribution < -0.4 is 10.6 Å². The predicted octanol–water partition coefficient (Wildman–Crippen LogP) is 1.91. The van der Waals surface area contributed by atoms with Crippen molar-refractivity contribution in [2.75, 3.05) is 11.5 Å². The average Bonchev–Trinajstić information content (AvgIpc) is 2.80. The van der Waals surface area contributed by atoms with Gasteiger partial charge in [0.05, 0.1) is 0 Å². The van der Waals surface area contributed by atoms with E-state index >= 15 is 0 Å². The number of carboxylic acids is 1. The Morgan fingerprint density at radius 1 is 0.812 bits per heavy atom. The molecule has 3 amide bonds. The van der Waals surface area contributed by atoms with E-state index in [4.69, 9.17) is 5.11 Å². The van der Waals surface area contributed by atoms with Crippen LogP contribution in [0.1, 0.15) is 11.1 Å². The van der Waals surface area contributed by atoms with Crippen LogP contribution in [0.5, 0.6) is 0 Å². The number of nitrogens with zero attached hydrogens (tertiary/aromatic N) is 1. The SMILES string of the molecule is O=CN[C@@H](CSSC[C@H](NC=O)C(=O)N(Cc1ccccc1)Cc1ccccc1)C(=O)O. The third-order valence-electron chi connectivity index (χ3n) is 4.43. The van der Waals surface area contributed by atoms with E-state index in [1.54, 1.807) is 4.90 Å². The summed E-state index contributed by atoms with van der Waals surface area (Å²) in [6, 6.07) is 17.4. The highest BCUT2D eigenvalue weighted by molar-refractivity contribution is 8.76. The quantitative estimate of drug-likeness (QED) is 0.205. The molecule has 0 bridgehead atoms. The van der Waals surface area contributed by atoms with Crippen LogP contribution in [0.2, 0.25) is 0 Å². The van der Waals surface area contributed by atoms with Gasteiger partial charge >= 0.3 is 5.97 Å². The van der Waals surface area contributed by atoms with Crippen molar-refractivity contribution < 1.29 is 24.3 Å². The molecule has 0 aromatic heterocycles. The van der Waals surface area contributed by atoms with Crippen LogP contribution in [0.25, 0.3) is 0 Å². The molecule has 0 fully saturated rings. The zero-order valence-electron chi connectivity index (χ0n) is 17.3. The van der Waals surface area contributed by atoms with Gasteiger partial charge in [-0.05, 0) is 11.1 Å². The van der Waals surface area contributed by atoms with Gasteiger partial charge in [-0.25, -0.2) is 4.79 Å². The van der Waals surface area contributed by atoms with Crippen molar-refractivity contribution in [1.29, 1.82) is 0 Å². The van der Waals surface area contributed by atoms with Crippen LogP contribution in [0, 0.1) is 0 Å². The molecule has 2 aromatic rings. The van der Waals surface area contributed by atoms with E-state index in [-0.39, 0.29) is 17.4 Å². The Morgan fingerprint density at radius 2 is 1.25 bits per heavy atom. The molecule has 2 aromatic carbocycles. The van der Waals surface area contributed by atoms with Crippen LogP contribution in [-0.2, 0) is 32.3 Å². The van der Waals surface area contributed by atoms with Gasteiger partial charge in [0.2, 0.25) is 18.7 Å². The molecule has 10 heteroatoms. The van der Waals surface area contributed by atoms with Crippen molar-refractivity contribution in [3.8, 4) is 0 Å². The summed E-state index contributed by atoms with van der Waals surface area (Å²) in [7, 11) is 2.47. The molecule has 32 heavy (non-hydrogen) atoms. The standard InChI is InChI=1S/C22H25N3O5S2/c26-15-23-19(13-31-32-14-20(22(29)30)24-16-27)21(28)25(11-17-7-3-1-4-8-17)12-18-9-5-2-6-10-18/h1-10,15-16,19-20H,11-14H2,(H,23,26)(H,24,27)(H,29,30)/t19-,20-/m0/s1. The van der Waals surface area contributed by atoms with Gasteiger partial charge in [-0.15, -0.1) is 0 Å². The van der Waals surface area contributed by atoms with Crippen LogP contribution in [0.3, 0.4) is 0 Å². The Labute approximate surface area is 194 Å². The lowest BCUT2D eigenvalue weighted by molar-refractivity contribution is -0.139. The zero-order valence-corrected chi connectivity index (χ0v) is 18.9. The lowest BCUT2D eigenvalue weighted by Crippen LogP contribution is -2.47. The van der Waals surface area contributed by atoms with E-state index in [0.717, 1.165) is 11.1 Å². The van der Waals surface area contributed by atoms with Gasteiger partial charge in [-0.1, -0.05) is 82.3 Å². The fourth-order valence-corrected chi connectivity index (χ4v) is 5.15. The third-order valence-corrected chi connectivity index (χ3v) is 6.85. The fraction of sp³-hybridized carbons (Fsp3) is 0.273. The molecule has 0 saturated carbocycles. The summed E-state index contributed by atoms with van der Waals surface area (Å²) >= 11 is 0. The lowest BCUT2D eigenvalue weighted by Gasteiger charge is -2.27. The average molecular weight is 476 g/mol. The van der Waals surface area contributed by atoms with Gasteiger partial charge in [0.15, 0.2) is 0 Å². The Morgan fingerprint density at radius 3 is 1.69 bits per heavy atom. The maximum Gasteiger partial charge on any atom is 0.327 e. The molecule has 3 N–H and O–H groups in total. The molecule has 2 atom stereocenters. The highest BCUT2D eigenvalue weighted by Crippen LogP contribution is 2.24. The van der Waals surface area contributed by atoms with Gasteiger partial charge in [0.25, 0.3) is 0 Å². The summed E-state index contributed by atoms with van der Waals surface area (Å²) in [4.78, 5) is 47.8. The Bertz CT molecular complexity index is 829. The molecule has 0 aliphatic heterocycles. The number of aliphatic carboxylic acids is 1.